The predicted molar refractivity (Wildman–Crippen MR) is 92.6 cm³/mol. The lowest BCUT2D eigenvalue weighted by Gasteiger charge is -2.18. The van der Waals surface area contributed by atoms with Crippen LogP contribution in [0.4, 0.5) is 0 Å². The Balaban J connectivity index is 2.21. The Bertz CT molecular complexity index is 234. The average molecular weight is 348 g/mol. The van der Waals surface area contributed by atoms with Crippen molar-refractivity contribution in [2.45, 2.75) is 45.1 Å². The summed E-state index contributed by atoms with van der Waals surface area (Å²) in [5.74, 6) is 0. The van der Waals surface area contributed by atoms with E-state index in [-0.39, 0.29) is 6.10 Å². The Kier molecular flexibility index (Phi) is 16.0. The Hall–Kier alpha value is -0.240. The van der Waals surface area contributed by atoms with E-state index >= 15 is 0 Å². The molecule has 1 aliphatic heterocycles. The first kappa shape index (κ1) is 21.8. The van der Waals surface area contributed by atoms with Crippen molar-refractivity contribution in [3.05, 3.63) is 0 Å². The van der Waals surface area contributed by atoms with Crippen LogP contribution in [-0.2, 0) is 28.4 Å². The molecule has 0 N–H and O–H groups in total. The fourth-order valence-corrected chi connectivity index (χ4v) is 2.38. The van der Waals surface area contributed by atoms with Gasteiger partial charge in [-0.3, -0.25) is 0 Å². The van der Waals surface area contributed by atoms with E-state index in [0.29, 0.717) is 72.7 Å². The maximum atomic E-state index is 5.92. The Labute approximate surface area is 147 Å². The van der Waals surface area contributed by atoms with E-state index in [1.807, 2.05) is 0 Å². The van der Waals surface area contributed by atoms with Crippen LogP contribution < -0.4 is 0 Å². The fourth-order valence-electron chi connectivity index (χ4n) is 2.38. The molecule has 6 heteroatoms. The molecule has 0 aromatic rings. The molecule has 144 valence electrons. The molecule has 0 aliphatic carbocycles. The number of rotatable bonds is 5. The average Bonchev–Trinajstić information content (AvgIpc) is 2.59. The molecule has 1 atom stereocenters. The molecule has 0 aromatic heterocycles. The monoisotopic (exact) mass is 348 g/mol. The molecule has 0 radical (unpaired) electrons. The van der Waals surface area contributed by atoms with Gasteiger partial charge in [0.25, 0.3) is 0 Å². The number of ether oxygens (including phenoxy) is 6. The molecule has 1 rings (SSSR count). The zero-order valence-electron chi connectivity index (χ0n) is 15.3. The zero-order valence-corrected chi connectivity index (χ0v) is 15.3. The molecule has 1 saturated heterocycles. The third-order valence-corrected chi connectivity index (χ3v) is 3.75. The molecule has 0 spiro atoms. The molecule has 1 aliphatic rings. The third kappa shape index (κ3) is 14.1. The topological polar surface area (TPSA) is 55.4 Å². The summed E-state index contributed by atoms with van der Waals surface area (Å²) in [6.07, 6.45) is 6.16. The second-order valence-electron chi connectivity index (χ2n) is 5.87. The van der Waals surface area contributed by atoms with Crippen molar-refractivity contribution in [3.63, 3.8) is 0 Å². The highest BCUT2D eigenvalue weighted by atomic mass is 16.6. The largest absolute Gasteiger partial charge is 0.377 e. The molecule has 1 unspecified atom stereocenters. The van der Waals surface area contributed by atoms with Gasteiger partial charge in [0.1, 0.15) is 0 Å². The summed E-state index contributed by atoms with van der Waals surface area (Å²) in [5.41, 5.74) is 0. The molecule has 6 nitrogen and oxygen atoms in total. The van der Waals surface area contributed by atoms with Crippen LogP contribution >= 0.6 is 0 Å². The Morgan fingerprint density at radius 3 is 1.62 bits per heavy atom. The molecule has 1 heterocycles. The van der Waals surface area contributed by atoms with E-state index in [1.54, 1.807) is 0 Å². The standard InChI is InChI=1S/C18H36O6/c1-2-3-4-5-6-18-17-23-14-13-21-10-9-19-7-8-20-11-12-22-15-16-24-18/h18H,2-17H2,1H3. The van der Waals surface area contributed by atoms with Gasteiger partial charge in [0, 0.05) is 0 Å². The van der Waals surface area contributed by atoms with Gasteiger partial charge >= 0.3 is 0 Å². The van der Waals surface area contributed by atoms with E-state index in [1.165, 1.54) is 25.7 Å². The van der Waals surface area contributed by atoms with Gasteiger partial charge in [0.15, 0.2) is 0 Å². The van der Waals surface area contributed by atoms with Crippen LogP contribution in [0, 0.1) is 0 Å². The van der Waals surface area contributed by atoms with Crippen molar-refractivity contribution in [1.29, 1.82) is 0 Å². The van der Waals surface area contributed by atoms with Gasteiger partial charge < -0.3 is 28.4 Å². The van der Waals surface area contributed by atoms with E-state index in [4.69, 9.17) is 28.4 Å². The first-order valence-electron chi connectivity index (χ1n) is 9.43. The second kappa shape index (κ2) is 17.6. The highest BCUT2D eigenvalue weighted by Gasteiger charge is 2.09. The zero-order chi connectivity index (χ0) is 17.1. The van der Waals surface area contributed by atoms with Crippen LogP contribution in [0.1, 0.15) is 39.0 Å². The molecular formula is C18H36O6. The molecule has 24 heavy (non-hydrogen) atoms. The minimum atomic E-state index is 0.143. The minimum Gasteiger partial charge on any atom is -0.377 e. The van der Waals surface area contributed by atoms with Crippen molar-refractivity contribution < 1.29 is 28.4 Å². The number of unbranched alkanes of at least 4 members (excludes halogenated alkanes) is 3. The van der Waals surface area contributed by atoms with Crippen LogP contribution in [0.15, 0.2) is 0 Å². The van der Waals surface area contributed by atoms with Crippen molar-refractivity contribution in [3.8, 4) is 0 Å². The normalized spacial score (nSPS) is 24.1. The summed E-state index contributed by atoms with van der Waals surface area (Å²) < 4.78 is 33.4. The van der Waals surface area contributed by atoms with E-state index in [0.717, 1.165) is 6.42 Å². The summed E-state index contributed by atoms with van der Waals surface area (Å²) in [5, 5.41) is 0. The SMILES string of the molecule is CCCCCCC1COCCOCCOCCOCCOCCO1. The molecule has 0 amide bonds. The predicted octanol–water partition coefficient (Wildman–Crippen LogP) is 2.44. The smallest absolute Gasteiger partial charge is 0.0809 e. The van der Waals surface area contributed by atoms with Gasteiger partial charge in [-0.1, -0.05) is 32.6 Å². The van der Waals surface area contributed by atoms with Gasteiger partial charge in [-0.15, -0.1) is 0 Å². The lowest BCUT2D eigenvalue weighted by atomic mass is 10.1. The summed E-state index contributed by atoms with van der Waals surface area (Å²) in [7, 11) is 0. The molecule has 1 fully saturated rings. The fraction of sp³-hybridized carbons (Fsp3) is 1.00. The Morgan fingerprint density at radius 1 is 0.583 bits per heavy atom. The maximum absolute atomic E-state index is 5.92. The minimum absolute atomic E-state index is 0.143. The van der Waals surface area contributed by atoms with Crippen molar-refractivity contribution in [2.24, 2.45) is 0 Å². The van der Waals surface area contributed by atoms with Crippen LogP contribution in [0.25, 0.3) is 0 Å². The molecule has 0 aromatic carbocycles. The molecular weight excluding hydrogens is 312 g/mol. The van der Waals surface area contributed by atoms with Crippen LogP contribution in [0.2, 0.25) is 0 Å². The van der Waals surface area contributed by atoms with Crippen LogP contribution in [0.3, 0.4) is 0 Å². The first-order valence-corrected chi connectivity index (χ1v) is 9.43. The van der Waals surface area contributed by atoms with E-state index in [9.17, 15) is 0 Å². The summed E-state index contributed by atoms with van der Waals surface area (Å²) in [4.78, 5) is 0. The summed E-state index contributed by atoms with van der Waals surface area (Å²) in [6, 6.07) is 0. The molecule has 0 saturated carbocycles. The van der Waals surface area contributed by atoms with Crippen molar-refractivity contribution in [1.82, 2.24) is 0 Å². The van der Waals surface area contributed by atoms with Gasteiger partial charge in [0.2, 0.25) is 0 Å². The van der Waals surface area contributed by atoms with Crippen molar-refractivity contribution >= 4 is 0 Å². The third-order valence-electron chi connectivity index (χ3n) is 3.75. The highest BCUT2D eigenvalue weighted by Crippen LogP contribution is 2.09. The van der Waals surface area contributed by atoms with Gasteiger partial charge in [-0.05, 0) is 6.42 Å². The van der Waals surface area contributed by atoms with Gasteiger partial charge in [0.05, 0.1) is 78.8 Å². The number of hydrogen-bond donors (Lipinski definition) is 0. The first-order chi connectivity index (χ1) is 11.9. The quantitative estimate of drug-likeness (QED) is 0.711. The summed E-state index contributed by atoms with van der Waals surface area (Å²) in [6.45, 7) is 8.73. The van der Waals surface area contributed by atoms with Crippen LogP contribution in [-0.4, -0.2) is 78.8 Å². The number of hydrogen-bond acceptors (Lipinski definition) is 6. The van der Waals surface area contributed by atoms with E-state index < -0.39 is 0 Å². The molecule has 0 bridgehead atoms. The highest BCUT2D eigenvalue weighted by molar-refractivity contribution is 4.58. The van der Waals surface area contributed by atoms with Crippen molar-refractivity contribution in [2.75, 3.05) is 72.7 Å². The summed E-state index contributed by atoms with van der Waals surface area (Å²) >= 11 is 0. The Morgan fingerprint density at radius 2 is 1.08 bits per heavy atom. The lowest BCUT2D eigenvalue weighted by molar-refractivity contribution is -0.0628. The van der Waals surface area contributed by atoms with Crippen LogP contribution in [0.5, 0.6) is 0 Å². The van der Waals surface area contributed by atoms with Gasteiger partial charge in [-0.2, -0.15) is 0 Å². The second-order valence-corrected chi connectivity index (χ2v) is 5.87. The van der Waals surface area contributed by atoms with Gasteiger partial charge in [-0.25, -0.2) is 0 Å². The maximum Gasteiger partial charge on any atom is 0.0809 e. The van der Waals surface area contributed by atoms with E-state index in [2.05, 4.69) is 6.92 Å². The lowest BCUT2D eigenvalue weighted by Crippen LogP contribution is -2.24.